The molecule has 0 fully saturated rings. The third-order valence-corrected chi connectivity index (χ3v) is 11.0. The molecule has 0 aromatic carbocycles. The average molecular weight is 178 g/mol. The fraction of sp³-hybridized carbons (Fsp3) is 1.00. The van der Waals surface area contributed by atoms with Crippen molar-refractivity contribution < 1.29 is 0 Å². The van der Waals surface area contributed by atoms with Crippen molar-refractivity contribution in [1.82, 2.24) is 0 Å². The van der Waals surface area contributed by atoms with E-state index < -0.39 is 6.54 Å². The van der Waals surface area contributed by atoms with Gasteiger partial charge in [0.2, 0.25) is 0 Å². The summed E-state index contributed by atoms with van der Waals surface area (Å²) in [6, 6.07) is 0. The Morgan fingerprint density at radius 1 is 1.29 bits per heavy atom. The van der Waals surface area contributed by atoms with Crippen molar-refractivity contribution in [1.29, 1.82) is 0 Å². The number of hydrogen-bond acceptors (Lipinski definition) is 0. The topological polar surface area (TPSA) is 0 Å². The van der Waals surface area contributed by atoms with Gasteiger partial charge in [-0.1, -0.05) is 0 Å². The van der Waals surface area contributed by atoms with E-state index >= 15 is 0 Å². The van der Waals surface area contributed by atoms with E-state index in [1.165, 1.54) is 5.21 Å². The Labute approximate surface area is 53.8 Å². The monoisotopic (exact) mass is 178 g/mol. The zero-order valence-electron chi connectivity index (χ0n) is 5.71. The van der Waals surface area contributed by atoms with Gasteiger partial charge in [-0.25, -0.2) is 0 Å². The second-order valence-corrected chi connectivity index (χ2v) is 20.8. The van der Waals surface area contributed by atoms with Gasteiger partial charge in [0.1, 0.15) is 0 Å². The van der Waals surface area contributed by atoms with Crippen molar-refractivity contribution in [3.63, 3.8) is 0 Å². The van der Waals surface area contributed by atoms with E-state index in [9.17, 15) is 0 Å². The maximum atomic E-state index is 2.47. The molecule has 0 aliphatic rings. The molecule has 0 N–H and O–H groups in total. The average Bonchev–Trinajstić information content (AvgIpc) is 1.30. The van der Waals surface area contributed by atoms with E-state index in [-0.39, 0.29) is 0 Å². The number of rotatable bonds is 2. The molecule has 0 radical (unpaired) electrons. The van der Waals surface area contributed by atoms with Crippen LogP contribution in [0.15, 0.2) is 0 Å². The molecule has 0 aromatic rings. The van der Waals surface area contributed by atoms with Crippen LogP contribution in [-0.4, -0.2) is 21.6 Å². The summed E-state index contributed by atoms with van der Waals surface area (Å²) in [6.45, 7) is 9.19. The molecular weight excluding hydrogens is 163 g/mol. The zero-order valence-corrected chi connectivity index (χ0v) is 8.81. The first-order chi connectivity index (χ1) is 3.06. The van der Waals surface area contributed by atoms with E-state index in [2.05, 4.69) is 26.6 Å². The SMILES string of the molecule is CC[AsH][Si](C)(C)C. The molecule has 0 saturated heterocycles. The van der Waals surface area contributed by atoms with E-state index in [0.29, 0.717) is 15.1 Å². The van der Waals surface area contributed by atoms with Gasteiger partial charge in [-0.2, -0.15) is 0 Å². The summed E-state index contributed by atoms with van der Waals surface area (Å²) in [5.74, 6) is 0. The Bertz CT molecular complexity index is 46.5. The minimum atomic E-state index is -0.532. The van der Waals surface area contributed by atoms with Crippen molar-refractivity contribution in [3.8, 4) is 0 Å². The van der Waals surface area contributed by atoms with Gasteiger partial charge in [0.25, 0.3) is 0 Å². The van der Waals surface area contributed by atoms with Crippen LogP contribution in [0.5, 0.6) is 0 Å². The van der Waals surface area contributed by atoms with Gasteiger partial charge in [-0.3, -0.25) is 0 Å². The van der Waals surface area contributed by atoms with Crippen LogP contribution in [0.25, 0.3) is 0 Å². The molecule has 1 atom stereocenters. The van der Waals surface area contributed by atoms with E-state index in [1.807, 2.05) is 0 Å². The van der Waals surface area contributed by atoms with Crippen molar-refractivity contribution >= 4 is 21.6 Å². The summed E-state index contributed by atoms with van der Waals surface area (Å²) in [4.78, 5) is 0. The molecule has 0 bridgehead atoms. The first-order valence-corrected chi connectivity index (χ1v) is 10.9. The van der Waals surface area contributed by atoms with Gasteiger partial charge in [-0.15, -0.1) is 0 Å². The zero-order chi connectivity index (χ0) is 5.91. The van der Waals surface area contributed by atoms with Gasteiger partial charge < -0.3 is 0 Å². The molecule has 7 heavy (non-hydrogen) atoms. The molecule has 0 aliphatic heterocycles. The summed E-state index contributed by atoms with van der Waals surface area (Å²) in [5, 5.41) is 1.50. The van der Waals surface area contributed by atoms with Crippen molar-refractivity contribution in [2.24, 2.45) is 0 Å². The van der Waals surface area contributed by atoms with Crippen molar-refractivity contribution in [2.75, 3.05) is 0 Å². The third kappa shape index (κ3) is 6.78. The van der Waals surface area contributed by atoms with Crippen molar-refractivity contribution in [3.05, 3.63) is 0 Å². The van der Waals surface area contributed by atoms with Crippen LogP contribution in [-0.2, 0) is 0 Å². The Morgan fingerprint density at radius 2 is 1.71 bits per heavy atom. The molecule has 0 aromatic heterocycles. The standard InChI is InChI=1S/C5H15AsSi/c1-5-6-7(2,3)4/h6H,5H2,1-4H3. The van der Waals surface area contributed by atoms with Crippen LogP contribution in [0.4, 0.5) is 0 Å². The Morgan fingerprint density at radius 3 is 1.71 bits per heavy atom. The van der Waals surface area contributed by atoms with Crippen LogP contribution >= 0.6 is 0 Å². The molecular formula is C5H15AsSi. The summed E-state index contributed by atoms with van der Waals surface area (Å²) < 4.78 is 0. The van der Waals surface area contributed by atoms with E-state index in [1.54, 1.807) is 0 Å². The molecule has 0 aliphatic carbocycles. The second-order valence-electron chi connectivity index (χ2n) is 2.78. The number of hydrogen-bond donors (Lipinski definition) is 0. The molecule has 0 rings (SSSR count). The van der Waals surface area contributed by atoms with Crippen molar-refractivity contribution in [2.45, 2.75) is 31.8 Å². The molecule has 2 heteroatoms. The quantitative estimate of drug-likeness (QED) is 0.564. The Balaban J connectivity index is 3.15. The van der Waals surface area contributed by atoms with Gasteiger partial charge in [0.05, 0.1) is 0 Å². The Hall–Kier alpha value is 0.775. The van der Waals surface area contributed by atoms with Gasteiger partial charge >= 0.3 is 53.4 Å². The fourth-order valence-corrected chi connectivity index (χ4v) is 8.27. The van der Waals surface area contributed by atoms with Crippen LogP contribution in [0.3, 0.4) is 0 Å². The van der Waals surface area contributed by atoms with Gasteiger partial charge in [0, 0.05) is 0 Å². The molecule has 0 heterocycles. The van der Waals surface area contributed by atoms with Gasteiger partial charge in [-0.05, 0) is 0 Å². The third-order valence-electron chi connectivity index (χ3n) is 0.707. The summed E-state index contributed by atoms with van der Waals surface area (Å²) in [7, 11) is 0. The molecule has 44 valence electrons. The predicted molar refractivity (Wildman–Crippen MR) is 41.0 cm³/mol. The first-order valence-electron chi connectivity index (χ1n) is 2.81. The fourth-order valence-electron chi connectivity index (χ4n) is 0.530. The normalized spacial score (nSPS) is 13.7. The van der Waals surface area contributed by atoms with Crippen LogP contribution in [0.1, 0.15) is 6.92 Å². The van der Waals surface area contributed by atoms with E-state index in [0.717, 1.165) is 0 Å². The maximum absolute atomic E-state index is 2.47. The summed E-state index contributed by atoms with van der Waals surface area (Å²) in [5.41, 5.74) is 0. The summed E-state index contributed by atoms with van der Waals surface area (Å²) in [6.07, 6.45) is 0. The predicted octanol–water partition coefficient (Wildman–Crippen LogP) is 1.70. The molecule has 0 amide bonds. The van der Waals surface area contributed by atoms with Crippen LogP contribution < -0.4 is 0 Å². The summed E-state index contributed by atoms with van der Waals surface area (Å²) >= 11 is 0.507. The first kappa shape index (κ1) is 7.78. The van der Waals surface area contributed by atoms with E-state index in [4.69, 9.17) is 0 Å². The second kappa shape index (κ2) is 2.93. The van der Waals surface area contributed by atoms with Gasteiger partial charge in [0.15, 0.2) is 0 Å². The Kier molecular flexibility index (Phi) is 3.26. The van der Waals surface area contributed by atoms with Crippen LogP contribution in [0, 0.1) is 0 Å². The minimum absolute atomic E-state index is 0.507. The van der Waals surface area contributed by atoms with Crippen LogP contribution in [0.2, 0.25) is 24.8 Å². The molecule has 0 saturated carbocycles. The molecule has 1 unspecified atom stereocenters. The molecule has 0 nitrogen and oxygen atoms in total. The molecule has 0 spiro atoms.